The minimum Gasteiger partial charge on any atom is -0.378 e. The van der Waals surface area contributed by atoms with Crippen LogP contribution in [0.2, 0.25) is 0 Å². The van der Waals surface area contributed by atoms with Crippen molar-refractivity contribution in [1.29, 1.82) is 0 Å². The molecule has 0 aromatic heterocycles. The number of rotatable bonds is 3. The SMILES string of the molecule is CCc1ccccc1NC1CCNCc2ccccc21. The predicted octanol–water partition coefficient (Wildman–Crippen LogP) is 3.90. The Labute approximate surface area is 121 Å². The third-order valence-corrected chi connectivity index (χ3v) is 4.08. The van der Waals surface area contributed by atoms with Crippen molar-refractivity contribution in [3.8, 4) is 0 Å². The molecule has 20 heavy (non-hydrogen) atoms. The third-order valence-electron chi connectivity index (χ3n) is 4.08. The van der Waals surface area contributed by atoms with Crippen LogP contribution in [0.1, 0.15) is 36.1 Å². The van der Waals surface area contributed by atoms with Gasteiger partial charge in [0.2, 0.25) is 0 Å². The van der Waals surface area contributed by atoms with Crippen molar-refractivity contribution < 1.29 is 0 Å². The Morgan fingerprint density at radius 3 is 2.80 bits per heavy atom. The monoisotopic (exact) mass is 266 g/mol. The van der Waals surface area contributed by atoms with E-state index in [1.807, 2.05) is 0 Å². The molecule has 1 aliphatic heterocycles. The van der Waals surface area contributed by atoms with Crippen molar-refractivity contribution in [2.75, 3.05) is 11.9 Å². The maximum Gasteiger partial charge on any atom is 0.0529 e. The van der Waals surface area contributed by atoms with Crippen molar-refractivity contribution in [2.24, 2.45) is 0 Å². The fourth-order valence-corrected chi connectivity index (χ4v) is 2.97. The van der Waals surface area contributed by atoms with E-state index in [1.165, 1.54) is 22.4 Å². The smallest absolute Gasteiger partial charge is 0.0529 e. The number of nitrogens with one attached hydrogen (secondary N) is 2. The normalized spacial score (nSPS) is 18.1. The minimum atomic E-state index is 0.397. The molecule has 3 rings (SSSR count). The van der Waals surface area contributed by atoms with Crippen LogP contribution in [0.15, 0.2) is 48.5 Å². The van der Waals surface area contributed by atoms with E-state index in [-0.39, 0.29) is 0 Å². The Morgan fingerprint density at radius 2 is 1.90 bits per heavy atom. The molecule has 1 atom stereocenters. The molecule has 0 saturated heterocycles. The molecule has 2 aromatic carbocycles. The van der Waals surface area contributed by atoms with Crippen molar-refractivity contribution in [3.05, 3.63) is 65.2 Å². The number of hydrogen-bond acceptors (Lipinski definition) is 2. The molecular weight excluding hydrogens is 244 g/mol. The van der Waals surface area contributed by atoms with E-state index in [0.717, 1.165) is 25.9 Å². The first kappa shape index (κ1) is 13.2. The number of benzene rings is 2. The Morgan fingerprint density at radius 1 is 1.10 bits per heavy atom. The molecule has 1 aliphatic rings. The minimum absolute atomic E-state index is 0.397. The van der Waals surface area contributed by atoms with Crippen molar-refractivity contribution >= 4 is 5.69 Å². The highest BCUT2D eigenvalue weighted by molar-refractivity contribution is 5.53. The fourth-order valence-electron chi connectivity index (χ4n) is 2.97. The van der Waals surface area contributed by atoms with Crippen LogP contribution in [0, 0.1) is 0 Å². The van der Waals surface area contributed by atoms with Crippen molar-refractivity contribution in [3.63, 3.8) is 0 Å². The van der Waals surface area contributed by atoms with Gasteiger partial charge < -0.3 is 10.6 Å². The fraction of sp³-hybridized carbons (Fsp3) is 0.333. The lowest BCUT2D eigenvalue weighted by molar-refractivity contribution is 0.636. The van der Waals surface area contributed by atoms with E-state index in [0.29, 0.717) is 6.04 Å². The lowest BCUT2D eigenvalue weighted by Crippen LogP contribution is -2.15. The lowest BCUT2D eigenvalue weighted by Gasteiger charge is -2.22. The van der Waals surface area contributed by atoms with Crippen LogP contribution in [0.3, 0.4) is 0 Å². The Kier molecular flexibility index (Phi) is 4.03. The molecule has 0 radical (unpaired) electrons. The zero-order valence-corrected chi connectivity index (χ0v) is 12.0. The Hall–Kier alpha value is -1.80. The van der Waals surface area contributed by atoms with Gasteiger partial charge in [0.15, 0.2) is 0 Å². The molecule has 1 heterocycles. The van der Waals surface area contributed by atoms with Gasteiger partial charge in [-0.25, -0.2) is 0 Å². The lowest BCUT2D eigenvalue weighted by atomic mass is 9.98. The molecule has 0 saturated carbocycles. The summed E-state index contributed by atoms with van der Waals surface area (Å²) in [5.74, 6) is 0. The van der Waals surface area contributed by atoms with Crippen LogP contribution >= 0.6 is 0 Å². The number of para-hydroxylation sites is 1. The summed E-state index contributed by atoms with van der Waals surface area (Å²) in [5.41, 5.74) is 5.51. The molecule has 0 spiro atoms. The van der Waals surface area contributed by atoms with Crippen LogP contribution in [0.5, 0.6) is 0 Å². The van der Waals surface area contributed by atoms with E-state index in [1.54, 1.807) is 0 Å². The molecule has 0 amide bonds. The van der Waals surface area contributed by atoms with E-state index >= 15 is 0 Å². The summed E-state index contributed by atoms with van der Waals surface area (Å²) in [5, 5.41) is 7.26. The maximum absolute atomic E-state index is 3.76. The largest absolute Gasteiger partial charge is 0.378 e. The zero-order chi connectivity index (χ0) is 13.8. The molecule has 0 aliphatic carbocycles. The highest BCUT2D eigenvalue weighted by Crippen LogP contribution is 2.28. The van der Waals surface area contributed by atoms with Crippen LogP contribution in [-0.4, -0.2) is 6.54 Å². The van der Waals surface area contributed by atoms with Crippen LogP contribution in [-0.2, 0) is 13.0 Å². The topological polar surface area (TPSA) is 24.1 Å². The molecule has 1 unspecified atom stereocenters. The molecule has 2 N–H and O–H groups in total. The molecule has 0 bridgehead atoms. The number of hydrogen-bond donors (Lipinski definition) is 2. The number of anilines is 1. The van der Waals surface area contributed by atoms with Crippen molar-refractivity contribution in [2.45, 2.75) is 32.4 Å². The van der Waals surface area contributed by atoms with Gasteiger partial charge in [-0.1, -0.05) is 49.4 Å². The van der Waals surface area contributed by atoms with Crippen LogP contribution < -0.4 is 10.6 Å². The second-order valence-corrected chi connectivity index (χ2v) is 5.37. The molecule has 0 fully saturated rings. The third kappa shape index (κ3) is 2.70. The van der Waals surface area contributed by atoms with Gasteiger partial charge in [-0.3, -0.25) is 0 Å². The van der Waals surface area contributed by atoms with Crippen LogP contribution in [0.25, 0.3) is 0 Å². The van der Waals surface area contributed by atoms with Gasteiger partial charge in [0.05, 0.1) is 6.04 Å². The highest BCUT2D eigenvalue weighted by atomic mass is 15.0. The van der Waals surface area contributed by atoms with Gasteiger partial charge in [-0.2, -0.15) is 0 Å². The molecule has 2 heteroatoms. The molecule has 104 valence electrons. The van der Waals surface area contributed by atoms with Crippen LogP contribution in [0.4, 0.5) is 5.69 Å². The highest BCUT2D eigenvalue weighted by Gasteiger charge is 2.18. The van der Waals surface area contributed by atoms with E-state index in [2.05, 4.69) is 66.1 Å². The summed E-state index contributed by atoms with van der Waals surface area (Å²) in [6, 6.07) is 17.8. The number of fused-ring (bicyclic) bond motifs is 1. The van der Waals surface area contributed by atoms with Gasteiger partial charge in [-0.05, 0) is 42.1 Å². The van der Waals surface area contributed by atoms with Gasteiger partial charge in [0.25, 0.3) is 0 Å². The molecular formula is C18H22N2. The van der Waals surface area contributed by atoms with E-state index in [4.69, 9.17) is 0 Å². The summed E-state index contributed by atoms with van der Waals surface area (Å²) in [4.78, 5) is 0. The standard InChI is InChI=1S/C18H22N2/c1-2-14-7-4-6-10-17(14)20-18-11-12-19-13-15-8-3-5-9-16(15)18/h3-10,18-20H,2,11-13H2,1H3. The first-order valence-electron chi connectivity index (χ1n) is 7.51. The molecule has 2 nitrogen and oxygen atoms in total. The first-order valence-corrected chi connectivity index (χ1v) is 7.51. The average Bonchev–Trinajstić information content (AvgIpc) is 2.71. The van der Waals surface area contributed by atoms with Gasteiger partial charge in [-0.15, -0.1) is 0 Å². The number of aryl methyl sites for hydroxylation is 1. The summed E-state index contributed by atoms with van der Waals surface area (Å²) in [6.07, 6.45) is 2.19. The predicted molar refractivity (Wildman–Crippen MR) is 84.9 cm³/mol. The zero-order valence-electron chi connectivity index (χ0n) is 12.0. The Bertz CT molecular complexity index is 577. The first-order chi connectivity index (χ1) is 9.88. The van der Waals surface area contributed by atoms with Gasteiger partial charge >= 0.3 is 0 Å². The second kappa shape index (κ2) is 6.10. The van der Waals surface area contributed by atoms with Gasteiger partial charge in [0, 0.05) is 12.2 Å². The summed E-state index contributed by atoms with van der Waals surface area (Å²) in [6.45, 7) is 4.24. The van der Waals surface area contributed by atoms with E-state index in [9.17, 15) is 0 Å². The summed E-state index contributed by atoms with van der Waals surface area (Å²) in [7, 11) is 0. The Balaban J connectivity index is 1.90. The maximum atomic E-state index is 3.76. The summed E-state index contributed by atoms with van der Waals surface area (Å²) >= 11 is 0. The van der Waals surface area contributed by atoms with Crippen molar-refractivity contribution in [1.82, 2.24) is 5.32 Å². The second-order valence-electron chi connectivity index (χ2n) is 5.37. The quantitative estimate of drug-likeness (QED) is 0.880. The van der Waals surface area contributed by atoms with Gasteiger partial charge in [0.1, 0.15) is 0 Å². The summed E-state index contributed by atoms with van der Waals surface area (Å²) < 4.78 is 0. The molecule has 2 aromatic rings. The average molecular weight is 266 g/mol. The van der Waals surface area contributed by atoms with E-state index < -0.39 is 0 Å².